The number of rotatable bonds is 3. The molecule has 4 rings (SSSR count). The van der Waals surface area contributed by atoms with Crippen molar-refractivity contribution in [2.24, 2.45) is 0 Å². The molecule has 0 N–H and O–H groups in total. The van der Waals surface area contributed by atoms with Crippen LogP contribution in [0.1, 0.15) is 35.0 Å². The number of hydrogen-bond donors (Lipinski definition) is 0. The molecule has 2 aromatic carbocycles. The van der Waals surface area contributed by atoms with Crippen LogP contribution in [0.3, 0.4) is 0 Å². The summed E-state index contributed by atoms with van der Waals surface area (Å²) >= 11 is 9.57. The first kappa shape index (κ1) is 18.2. The number of likely N-dealkylation sites (tertiary alicyclic amines) is 1. The van der Waals surface area contributed by atoms with Crippen molar-refractivity contribution in [1.29, 1.82) is 0 Å². The predicted molar refractivity (Wildman–Crippen MR) is 107 cm³/mol. The fraction of sp³-hybridized carbons (Fsp3) is 0.250. The molecule has 0 unspecified atom stereocenters. The van der Waals surface area contributed by atoms with Crippen LogP contribution in [0.25, 0.3) is 11.4 Å². The summed E-state index contributed by atoms with van der Waals surface area (Å²) < 4.78 is 6.50. The molecule has 0 aliphatic carbocycles. The minimum absolute atomic E-state index is 0.0277. The predicted octanol–water partition coefficient (Wildman–Crippen LogP) is 5.17. The number of halogens is 2. The van der Waals surface area contributed by atoms with Crippen molar-refractivity contribution in [1.82, 2.24) is 15.0 Å². The fourth-order valence-electron chi connectivity index (χ4n) is 3.25. The third-order valence-corrected chi connectivity index (χ3v) is 5.64. The molecule has 0 saturated carbocycles. The molecule has 0 bridgehead atoms. The Bertz CT molecular complexity index is 950. The highest BCUT2D eigenvalue weighted by atomic mass is 79.9. The second kappa shape index (κ2) is 7.82. The van der Waals surface area contributed by atoms with Gasteiger partial charge in [-0.05, 0) is 49.2 Å². The van der Waals surface area contributed by atoms with Crippen molar-refractivity contribution in [2.75, 3.05) is 13.1 Å². The zero-order valence-electron chi connectivity index (χ0n) is 14.4. The van der Waals surface area contributed by atoms with Gasteiger partial charge < -0.3 is 9.42 Å². The third kappa shape index (κ3) is 3.92. The lowest BCUT2D eigenvalue weighted by molar-refractivity contribution is 0.0704. The average Bonchev–Trinajstić information content (AvgIpc) is 3.19. The number of piperidine rings is 1. The largest absolute Gasteiger partial charge is 0.339 e. The fourth-order valence-corrected chi connectivity index (χ4v) is 3.73. The average molecular weight is 447 g/mol. The normalized spacial score (nSPS) is 15.1. The van der Waals surface area contributed by atoms with E-state index >= 15 is 0 Å². The second-order valence-corrected chi connectivity index (χ2v) is 7.83. The lowest BCUT2D eigenvalue weighted by Gasteiger charge is -2.30. The number of carbonyl (C=O) groups excluding carboxylic acids is 1. The molecule has 1 aliphatic heterocycles. The third-order valence-electron chi connectivity index (χ3n) is 4.78. The molecule has 138 valence electrons. The Hall–Kier alpha value is -2.18. The van der Waals surface area contributed by atoms with Crippen LogP contribution in [-0.4, -0.2) is 34.0 Å². The number of hydrogen-bond acceptors (Lipinski definition) is 4. The van der Waals surface area contributed by atoms with Crippen LogP contribution in [-0.2, 0) is 0 Å². The van der Waals surface area contributed by atoms with Gasteiger partial charge >= 0.3 is 0 Å². The topological polar surface area (TPSA) is 59.2 Å². The van der Waals surface area contributed by atoms with E-state index in [2.05, 4.69) is 26.1 Å². The summed E-state index contributed by atoms with van der Waals surface area (Å²) in [6, 6.07) is 14.9. The molecule has 2 heterocycles. The molecule has 27 heavy (non-hydrogen) atoms. The van der Waals surface area contributed by atoms with Crippen molar-refractivity contribution in [3.63, 3.8) is 0 Å². The van der Waals surface area contributed by atoms with Gasteiger partial charge in [0.05, 0.1) is 10.6 Å². The van der Waals surface area contributed by atoms with Crippen LogP contribution in [0.4, 0.5) is 0 Å². The van der Waals surface area contributed by atoms with Crippen LogP contribution < -0.4 is 0 Å². The summed E-state index contributed by atoms with van der Waals surface area (Å²) in [5.41, 5.74) is 1.47. The van der Waals surface area contributed by atoms with E-state index in [1.165, 1.54) is 0 Å². The monoisotopic (exact) mass is 445 g/mol. The summed E-state index contributed by atoms with van der Waals surface area (Å²) in [6.45, 7) is 1.29. The molecule has 1 aromatic heterocycles. The highest BCUT2D eigenvalue weighted by Gasteiger charge is 2.28. The molecule has 0 atom stereocenters. The molecule has 0 spiro atoms. The van der Waals surface area contributed by atoms with Crippen LogP contribution in [0.5, 0.6) is 0 Å². The van der Waals surface area contributed by atoms with Crippen LogP contribution in [0.2, 0.25) is 5.02 Å². The molecule has 1 amide bonds. The van der Waals surface area contributed by atoms with E-state index in [0.717, 1.165) is 22.9 Å². The van der Waals surface area contributed by atoms with E-state index in [0.29, 0.717) is 35.4 Å². The Kier molecular flexibility index (Phi) is 5.27. The molecule has 0 radical (unpaired) electrons. The van der Waals surface area contributed by atoms with Crippen LogP contribution in [0.15, 0.2) is 57.5 Å². The molecule has 1 fully saturated rings. The number of amides is 1. The molecule has 5 nitrogen and oxygen atoms in total. The van der Waals surface area contributed by atoms with Gasteiger partial charge in [0.25, 0.3) is 5.91 Å². The van der Waals surface area contributed by atoms with E-state index in [4.69, 9.17) is 16.1 Å². The minimum atomic E-state index is -0.0277. The Morgan fingerprint density at radius 2 is 1.81 bits per heavy atom. The van der Waals surface area contributed by atoms with Gasteiger partial charge in [-0.15, -0.1) is 0 Å². The smallest absolute Gasteiger partial charge is 0.255 e. The van der Waals surface area contributed by atoms with Crippen molar-refractivity contribution in [3.05, 3.63) is 69.5 Å². The number of nitrogens with zero attached hydrogens (tertiary/aromatic N) is 3. The summed E-state index contributed by atoms with van der Waals surface area (Å²) in [6.07, 6.45) is 1.58. The molecule has 1 saturated heterocycles. The molecular weight excluding hydrogens is 430 g/mol. The van der Waals surface area contributed by atoms with Gasteiger partial charge in [0.1, 0.15) is 0 Å². The van der Waals surface area contributed by atoms with E-state index in [-0.39, 0.29) is 11.8 Å². The maximum atomic E-state index is 12.7. The van der Waals surface area contributed by atoms with Gasteiger partial charge in [0.2, 0.25) is 11.7 Å². The number of carbonyl (C=O) groups is 1. The second-order valence-electron chi connectivity index (χ2n) is 6.51. The summed E-state index contributed by atoms with van der Waals surface area (Å²) in [7, 11) is 0. The summed E-state index contributed by atoms with van der Waals surface area (Å²) in [4.78, 5) is 19.1. The minimum Gasteiger partial charge on any atom is -0.339 e. The standard InChI is InChI=1S/C20H17BrClN3O2/c21-15-7-5-13(6-8-15)18-23-19(27-24-18)14-9-11-25(12-10-14)20(26)16-3-1-2-4-17(16)22/h1-8,14H,9-12H2. The first-order chi connectivity index (χ1) is 13.1. The first-order valence-electron chi connectivity index (χ1n) is 8.75. The zero-order chi connectivity index (χ0) is 18.8. The maximum absolute atomic E-state index is 12.7. The Balaban J connectivity index is 1.42. The van der Waals surface area contributed by atoms with Gasteiger partial charge in [0.15, 0.2) is 0 Å². The van der Waals surface area contributed by atoms with Crippen molar-refractivity contribution < 1.29 is 9.32 Å². The van der Waals surface area contributed by atoms with Gasteiger partial charge in [-0.1, -0.05) is 44.8 Å². The Labute approximate surface area is 170 Å². The highest BCUT2D eigenvalue weighted by Crippen LogP contribution is 2.30. The quantitative estimate of drug-likeness (QED) is 0.557. The van der Waals surface area contributed by atoms with E-state index < -0.39 is 0 Å². The van der Waals surface area contributed by atoms with Crippen molar-refractivity contribution in [3.8, 4) is 11.4 Å². The highest BCUT2D eigenvalue weighted by molar-refractivity contribution is 9.10. The van der Waals surface area contributed by atoms with Crippen molar-refractivity contribution in [2.45, 2.75) is 18.8 Å². The molecule has 7 heteroatoms. The zero-order valence-corrected chi connectivity index (χ0v) is 16.8. The van der Waals surface area contributed by atoms with E-state index in [1.807, 2.05) is 41.3 Å². The van der Waals surface area contributed by atoms with Crippen LogP contribution in [0, 0.1) is 0 Å². The van der Waals surface area contributed by atoms with Crippen LogP contribution >= 0.6 is 27.5 Å². The van der Waals surface area contributed by atoms with Crippen molar-refractivity contribution >= 4 is 33.4 Å². The number of benzene rings is 2. The Morgan fingerprint density at radius 1 is 1.11 bits per heavy atom. The lowest BCUT2D eigenvalue weighted by Crippen LogP contribution is -2.38. The van der Waals surface area contributed by atoms with Gasteiger partial charge in [-0.3, -0.25) is 4.79 Å². The molecule has 1 aliphatic rings. The van der Waals surface area contributed by atoms with E-state index in [1.54, 1.807) is 12.1 Å². The summed E-state index contributed by atoms with van der Waals surface area (Å²) in [5, 5.41) is 4.59. The van der Waals surface area contributed by atoms with Gasteiger partial charge in [0, 0.05) is 29.0 Å². The Morgan fingerprint density at radius 3 is 2.52 bits per heavy atom. The molecule has 3 aromatic rings. The first-order valence-corrected chi connectivity index (χ1v) is 9.92. The SMILES string of the molecule is O=C(c1ccccc1Cl)N1CCC(c2nc(-c3ccc(Br)cc3)no2)CC1. The molecular formula is C20H17BrClN3O2. The van der Waals surface area contributed by atoms with E-state index in [9.17, 15) is 4.79 Å². The summed E-state index contributed by atoms with van der Waals surface area (Å²) in [5.74, 6) is 1.36. The van der Waals surface area contributed by atoms with Gasteiger partial charge in [-0.2, -0.15) is 4.98 Å². The van der Waals surface area contributed by atoms with Gasteiger partial charge in [-0.25, -0.2) is 0 Å². The maximum Gasteiger partial charge on any atom is 0.255 e. The lowest BCUT2D eigenvalue weighted by atomic mass is 9.96. The number of aromatic nitrogens is 2.